The summed E-state index contributed by atoms with van der Waals surface area (Å²) in [5, 5.41) is 11.6. The lowest BCUT2D eigenvalue weighted by atomic mass is 10.1. The second kappa shape index (κ2) is 8.56. The first-order chi connectivity index (χ1) is 9.93. The Hall–Kier alpha value is -1.69. The van der Waals surface area contributed by atoms with Gasteiger partial charge in [0.05, 0.1) is 5.92 Å². The number of nitrogens with one attached hydrogen (secondary N) is 1. The quantitative estimate of drug-likeness (QED) is 0.811. The number of thioether (sulfide) groups is 1. The van der Waals surface area contributed by atoms with Crippen LogP contribution in [0.3, 0.4) is 0 Å². The van der Waals surface area contributed by atoms with Crippen LogP contribution in [0.15, 0.2) is 24.3 Å². The number of hydrogen-bond donors (Lipinski definition) is 2. The minimum Gasteiger partial charge on any atom is -0.481 e. The molecule has 2 amide bonds. The Bertz CT molecular complexity index is 494. The van der Waals surface area contributed by atoms with Gasteiger partial charge in [0, 0.05) is 25.9 Å². The van der Waals surface area contributed by atoms with E-state index in [1.807, 2.05) is 18.4 Å². The Morgan fingerprint density at radius 1 is 1.38 bits per heavy atom. The van der Waals surface area contributed by atoms with Crippen LogP contribution in [0.5, 0.6) is 0 Å². The molecule has 2 N–H and O–H groups in total. The Balaban J connectivity index is 2.48. The standard InChI is InChI=1S/C15H22N2O3S/c1-11(14(18)19)9-17(2)15(20)16-8-12-5-4-6-13(7-12)10-21-3/h4-7,11H,8-10H2,1-3H3,(H,16,20)(H,18,19). The smallest absolute Gasteiger partial charge is 0.317 e. The van der Waals surface area contributed by atoms with Crippen LogP contribution in [0.1, 0.15) is 18.1 Å². The minimum atomic E-state index is -0.903. The minimum absolute atomic E-state index is 0.188. The molecule has 0 spiro atoms. The van der Waals surface area contributed by atoms with Gasteiger partial charge in [0.15, 0.2) is 0 Å². The highest BCUT2D eigenvalue weighted by atomic mass is 32.2. The number of amides is 2. The van der Waals surface area contributed by atoms with Gasteiger partial charge in [-0.05, 0) is 17.4 Å². The predicted octanol–water partition coefficient (Wildman–Crippen LogP) is 2.41. The summed E-state index contributed by atoms with van der Waals surface area (Å²) in [4.78, 5) is 24.1. The summed E-state index contributed by atoms with van der Waals surface area (Å²) in [5.41, 5.74) is 2.26. The van der Waals surface area contributed by atoms with Crippen LogP contribution in [0.4, 0.5) is 4.79 Å². The van der Waals surface area contributed by atoms with E-state index in [-0.39, 0.29) is 12.6 Å². The van der Waals surface area contributed by atoms with Crippen molar-refractivity contribution in [1.29, 1.82) is 0 Å². The molecule has 0 aliphatic heterocycles. The largest absolute Gasteiger partial charge is 0.481 e. The molecule has 116 valence electrons. The van der Waals surface area contributed by atoms with E-state index in [1.54, 1.807) is 25.7 Å². The van der Waals surface area contributed by atoms with Crippen LogP contribution in [0.2, 0.25) is 0 Å². The van der Waals surface area contributed by atoms with E-state index >= 15 is 0 Å². The molecule has 0 saturated carbocycles. The van der Waals surface area contributed by atoms with E-state index in [0.29, 0.717) is 6.54 Å². The number of nitrogens with zero attached hydrogens (tertiary/aromatic N) is 1. The van der Waals surface area contributed by atoms with E-state index in [1.165, 1.54) is 10.5 Å². The number of rotatable bonds is 7. The maximum Gasteiger partial charge on any atom is 0.317 e. The van der Waals surface area contributed by atoms with Gasteiger partial charge in [0.1, 0.15) is 0 Å². The molecule has 0 saturated heterocycles. The molecule has 0 fully saturated rings. The molecule has 0 aromatic heterocycles. The molecule has 1 unspecified atom stereocenters. The first-order valence-electron chi connectivity index (χ1n) is 6.72. The van der Waals surface area contributed by atoms with Crippen LogP contribution in [-0.4, -0.2) is 41.9 Å². The zero-order valence-corrected chi connectivity index (χ0v) is 13.4. The third-order valence-electron chi connectivity index (χ3n) is 3.06. The number of aliphatic carboxylic acids is 1. The average molecular weight is 310 g/mol. The van der Waals surface area contributed by atoms with Crippen molar-refractivity contribution in [3.63, 3.8) is 0 Å². The molecular formula is C15H22N2O3S. The zero-order chi connectivity index (χ0) is 15.8. The molecule has 6 heteroatoms. The first-order valence-corrected chi connectivity index (χ1v) is 8.12. The van der Waals surface area contributed by atoms with Crippen LogP contribution in [-0.2, 0) is 17.1 Å². The number of carbonyl (C=O) groups excluding carboxylic acids is 1. The SMILES string of the molecule is CSCc1cccc(CNC(=O)N(C)CC(C)C(=O)O)c1. The van der Waals surface area contributed by atoms with Crippen LogP contribution < -0.4 is 5.32 Å². The molecule has 1 atom stereocenters. The summed E-state index contributed by atoms with van der Waals surface area (Å²) in [5.74, 6) is -0.539. The lowest BCUT2D eigenvalue weighted by Gasteiger charge is -2.20. The van der Waals surface area contributed by atoms with Crippen LogP contribution >= 0.6 is 11.8 Å². The third-order valence-corrected chi connectivity index (χ3v) is 3.68. The molecular weight excluding hydrogens is 288 g/mol. The number of urea groups is 1. The summed E-state index contributed by atoms with van der Waals surface area (Å²) < 4.78 is 0. The van der Waals surface area contributed by atoms with Crippen LogP contribution in [0, 0.1) is 5.92 Å². The fourth-order valence-electron chi connectivity index (χ4n) is 1.88. The second-order valence-corrected chi connectivity index (χ2v) is 5.90. The summed E-state index contributed by atoms with van der Waals surface area (Å²) in [6.45, 7) is 2.21. The molecule has 1 rings (SSSR count). The van der Waals surface area contributed by atoms with E-state index in [0.717, 1.165) is 11.3 Å². The van der Waals surface area contributed by atoms with Crippen molar-refractivity contribution in [2.75, 3.05) is 19.8 Å². The summed E-state index contributed by atoms with van der Waals surface area (Å²) in [7, 11) is 1.60. The van der Waals surface area contributed by atoms with Crippen LogP contribution in [0.25, 0.3) is 0 Å². The Labute approximate surface area is 129 Å². The molecule has 21 heavy (non-hydrogen) atoms. The number of carboxylic acid groups (broad SMARTS) is 1. The third kappa shape index (κ3) is 6.08. The summed E-state index contributed by atoms with van der Waals surface area (Å²) >= 11 is 1.75. The maximum atomic E-state index is 11.9. The molecule has 0 bridgehead atoms. The normalized spacial score (nSPS) is 11.8. The average Bonchev–Trinajstić information content (AvgIpc) is 2.45. The van der Waals surface area contributed by atoms with Gasteiger partial charge in [-0.2, -0.15) is 11.8 Å². The molecule has 1 aromatic carbocycles. The molecule has 0 radical (unpaired) electrons. The van der Waals surface area contributed by atoms with Crippen molar-refractivity contribution in [1.82, 2.24) is 10.2 Å². The lowest BCUT2D eigenvalue weighted by Crippen LogP contribution is -2.40. The molecule has 0 aliphatic rings. The van der Waals surface area contributed by atoms with Gasteiger partial charge < -0.3 is 15.3 Å². The van der Waals surface area contributed by atoms with Gasteiger partial charge in [-0.3, -0.25) is 4.79 Å². The highest BCUT2D eigenvalue weighted by Gasteiger charge is 2.16. The number of hydrogen-bond acceptors (Lipinski definition) is 3. The van der Waals surface area contributed by atoms with Crippen molar-refractivity contribution in [2.45, 2.75) is 19.2 Å². The Morgan fingerprint density at radius 3 is 2.67 bits per heavy atom. The van der Waals surface area contributed by atoms with Gasteiger partial charge in [-0.1, -0.05) is 31.2 Å². The molecule has 5 nitrogen and oxygen atoms in total. The van der Waals surface area contributed by atoms with E-state index < -0.39 is 11.9 Å². The van der Waals surface area contributed by atoms with Crippen molar-refractivity contribution in [3.05, 3.63) is 35.4 Å². The van der Waals surface area contributed by atoms with Gasteiger partial charge in [0.2, 0.25) is 0 Å². The van der Waals surface area contributed by atoms with Crippen molar-refractivity contribution >= 4 is 23.8 Å². The fourth-order valence-corrected chi connectivity index (χ4v) is 2.39. The fraction of sp³-hybridized carbons (Fsp3) is 0.467. The highest BCUT2D eigenvalue weighted by molar-refractivity contribution is 7.97. The first kappa shape index (κ1) is 17.4. The maximum absolute atomic E-state index is 11.9. The summed E-state index contributed by atoms with van der Waals surface area (Å²) in [6, 6.07) is 7.80. The lowest BCUT2D eigenvalue weighted by molar-refractivity contribution is -0.141. The molecule has 1 aromatic rings. The van der Waals surface area contributed by atoms with Gasteiger partial charge >= 0.3 is 12.0 Å². The van der Waals surface area contributed by atoms with Crippen molar-refractivity contribution in [3.8, 4) is 0 Å². The van der Waals surface area contributed by atoms with E-state index in [9.17, 15) is 9.59 Å². The predicted molar refractivity (Wildman–Crippen MR) is 85.3 cm³/mol. The van der Waals surface area contributed by atoms with Crippen molar-refractivity contribution in [2.24, 2.45) is 5.92 Å². The molecule has 0 heterocycles. The van der Waals surface area contributed by atoms with Gasteiger partial charge in [-0.15, -0.1) is 0 Å². The summed E-state index contributed by atoms with van der Waals surface area (Å²) in [6.07, 6.45) is 2.05. The highest BCUT2D eigenvalue weighted by Crippen LogP contribution is 2.11. The van der Waals surface area contributed by atoms with Crippen molar-refractivity contribution < 1.29 is 14.7 Å². The number of carboxylic acids is 1. The van der Waals surface area contributed by atoms with Gasteiger partial charge in [-0.25, -0.2) is 4.79 Å². The number of benzene rings is 1. The second-order valence-electron chi connectivity index (χ2n) is 5.03. The van der Waals surface area contributed by atoms with E-state index in [2.05, 4.69) is 17.4 Å². The van der Waals surface area contributed by atoms with E-state index in [4.69, 9.17) is 5.11 Å². The Morgan fingerprint density at radius 2 is 2.05 bits per heavy atom. The topological polar surface area (TPSA) is 69.6 Å². The monoisotopic (exact) mass is 310 g/mol. The zero-order valence-electron chi connectivity index (χ0n) is 12.6. The van der Waals surface area contributed by atoms with Gasteiger partial charge in [0.25, 0.3) is 0 Å². The number of carbonyl (C=O) groups is 2. The Kier molecular flexibility index (Phi) is 7.08. The molecule has 0 aliphatic carbocycles.